The van der Waals surface area contributed by atoms with Gasteiger partial charge in [-0.15, -0.1) is 0 Å². The molecule has 0 fully saturated rings. The zero-order chi connectivity index (χ0) is 35.0. The summed E-state index contributed by atoms with van der Waals surface area (Å²) in [7, 11) is 0. The maximum Gasteiger partial charge on any atom is 0.220 e. The second-order valence-electron chi connectivity index (χ2n) is 14.0. The summed E-state index contributed by atoms with van der Waals surface area (Å²) in [6, 6.07) is -0.649. The van der Waals surface area contributed by atoms with Crippen molar-refractivity contribution in [2.24, 2.45) is 0 Å². The fourth-order valence-electron chi connectivity index (χ4n) is 6.03. The molecule has 0 spiro atoms. The van der Waals surface area contributed by atoms with Crippen LogP contribution in [-0.2, 0) is 4.79 Å². The first-order chi connectivity index (χ1) is 23.7. The second kappa shape index (κ2) is 39.8. The summed E-state index contributed by atoms with van der Waals surface area (Å²) >= 11 is 0. The van der Waals surface area contributed by atoms with E-state index in [0.29, 0.717) is 6.42 Å². The van der Waals surface area contributed by atoms with Gasteiger partial charge in [0.1, 0.15) is 0 Å². The molecule has 0 radical (unpaired) electrons. The number of hydrogen-bond acceptors (Lipinski definition) is 3. The lowest BCUT2D eigenvalue weighted by atomic mass is 10.1. The highest BCUT2D eigenvalue weighted by molar-refractivity contribution is 5.76. The van der Waals surface area contributed by atoms with Crippen LogP contribution in [0, 0.1) is 0 Å². The summed E-state index contributed by atoms with van der Waals surface area (Å²) in [5, 5.41) is 22.9. The third-order valence-electron chi connectivity index (χ3n) is 9.26. The molecule has 0 saturated heterocycles. The van der Waals surface area contributed by atoms with Crippen molar-refractivity contribution in [3.8, 4) is 0 Å². The normalized spacial score (nSPS) is 13.5. The van der Waals surface area contributed by atoms with E-state index in [2.05, 4.69) is 55.6 Å². The van der Waals surface area contributed by atoms with Gasteiger partial charge in [0.2, 0.25) is 5.91 Å². The molecule has 0 aromatic rings. The molecular formula is C44H81NO3. The Hall–Kier alpha value is -1.65. The number of carbonyl (C=O) groups is 1. The third-order valence-corrected chi connectivity index (χ3v) is 9.26. The van der Waals surface area contributed by atoms with Crippen LogP contribution < -0.4 is 5.32 Å². The van der Waals surface area contributed by atoms with Crippen molar-refractivity contribution < 1.29 is 15.0 Å². The molecule has 280 valence electrons. The largest absolute Gasteiger partial charge is 0.394 e. The molecule has 0 heterocycles. The molecule has 0 aliphatic rings. The van der Waals surface area contributed by atoms with E-state index in [1.165, 1.54) is 135 Å². The number of hydrogen-bond donors (Lipinski definition) is 3. The number of rotatable bonds is 37. The highest BCUT2D eigenvalue weighted by Crippen LogP contribution is 2.13. The fraction of sp³-hybridized carbons (Fsp3) is 0.795. The molecular weight excluding hydrogens is 590 g/mol. The minimum atomic E-state index is -0.873. The fourth-order valence-corrected chi connectivity index (χ4v) is 6.03. The Morgan fingerprint density at radius 2 is 0.812 bits per heavy atom. The van der Waals surface area contributed by atoms with Crippen molar-refractivity contribution >= 4 is 5.91 Å². The summed E-state index contributed by atoms with van der Waals surface area (Å²) in [6.07, 6.45) is 53.5. The van der Waals surface area contributed by atoms with E-state index in [9.17, 15) is 15.0 Å². The van der Waals surface area contributed by atoms with Gasteiger partial charge in [-0.25, -0.2) is 0 Å². The van der Waals surface area contributed by atoms with E-state index in [0.717, 1.165) is 51.4 Å². The van der Waals surface area contributed by atoms with E-state index in [1.807, 2.05) is 6.08 Å². The number of aliphatic hydroxyl groups excluding tert-OH is 2. The molecule has 0 aromatic carbocycles. The zero-order valence-electron chi connectivity index (χ0n) is 32.0. The minimum Gasteiger partial charge on any atom is -0.394 e. The van der Waals surface area contributed by atoms with Crippen LogP contribution in [0.2, 0.25) is 0 Å². The van der Waals surface area contributed by atoms with E-state index >= 15 is 0 Å². The molecule has 0 rings (SSSR count). The van der Waals surface area contributed by atoms with Gasteiger partial charge in [0, 0.05) is 6.42 Å². The Labute approximate surface area is 299 Å². The van der Waals surface area contributed by atoms with Crippen LogP contribution in [-0.4, -0.2) is 34.9 Å². The molecule has 0 saturated carbocycles. The van der Waals surface area contributed by atoms with Crippen molar-refractivity contribution in [3.05, 3.63) is 48.6 Å². The maximum atomic E-state index is 12.3. The zero-order valence-corrected chi connectivity index (χ0v) is 32.0. The SMILES string of the molecule is CCCCCCCC/C=C\CCCCCCCC(=O)NC(CO)C(O)/C=C/CC/C=C/CC/C=C/CCCCCCCCCCCCC. The van der Waals surface area contributed by atoms with Gasteiger partial charge < -0.3 is 15.5 Å². The third kappa shape index (κ3) is 35.7. The van der Waals surface area contributed by atoms with E-state index in [-0.39, 0.29) is 12.5 Å². The molecule has 1 amide bonds. The van der Waals surface area contributed by atoms with E-state index < -0.39 is 12.1 Å². The van der Waals surface area contributed by atoms with Crippen molar-refractivity contribution in [1.82, 2.24) is 5.32 Å². The summed E-state index contributed by atoms with van der Waals surface area (Å²) in [5.41, 5.74) is 0. The van der Waals surface area contributed by atoms with Crippen molar-refractivity contribution in [2.75, 3.05) is 6.61 Å². The molecule has 4 nitrogen and oxygen atoms in total. The molecule has 0 aliphatic carbocycles. The van der Waals surface area contributed by atoms with Crippen LogP contribution in [0.15, 0.2) is 48.6 Å². The lowest BCUT2D eigenvalue weighted by molar-refractivity contribution is -0.123. The van der Waals surface area contributed by atoms with Crippen LogP contribution in [0.1, 0.15) is 206 Å². The number of carbonyl (C=O) groups excluding carboxylic acids is 1. The average molecular weight is 672 g/mol. The highest BCUT2D eigenvalue weighted by atomic mass is 16.3. The van der Waals surface area contributed by atoms with Crippen LogP contribution >= 0.6 is 0 Å². The molecule has 0 aliphatic heterocycles. The molecule has 4 heteroatoms. The van der Waals surface area contributed by atoms with Crippen LogP contribution in [0.5, 0.6) is 0 Å². The average Bonchev–Trinajstić information content (AvgIpc) is 3.09. The van der Waals surface area contributed by atoms with E-state index in [4.69, 9.17) is 0 Å². The molecule has 0 aromatic heterocycles. The topological polar surface area (TPSA) is 69.6 Å². The van der Waals surface area contributed by atoms with Gasteiger partial charge in [-0.05, 0) is 70.6 Å². The molecule has 48 heavy (non-hydrogen) atoms. The van der Waals surface area contributed by atoms with Gasteiger partial charge >= 0.3 is 0 Å². The highest BCUT2D eigenvalue weighted by Gasteiger charge is 2.17. The predicted octanol–water partition coefficient (Wildman–Crippen LogP) is 12.8. The summed E-state index contributed by atoms with van der Waals surface area (Å²) in [5.74, 6) is -0.0880. The van der Waals surface area contributed by atoms with Gasteiger partial charge in [-0.3, -0.25) is 4.79 Å². The van der Waals surface area contributed by atoms with Gasteiger partial charge in [0.05, 0.1) is 18.8 Å². The number of aliphatic hydroxyl groups is 2. The maximum absolute atomic E-state index is 12.3. The van der Waals surface area contributed by atoms with Gasteiger partial charge in [0.25, 0.3) is 0 Å². The number of nitrogens with one attached hydrogen (secondary N) is 1. The van der Waals surface area contributed by atoms with Crippen LogP contribution in [0.25, 0.3) is 0 Å². The van der Waals surface area contributed by atoms with Crippen LogP contribution in [0.3, 0.4) is 0 Å². The van der Waals surface area contributed by atoms with Gasteiger partial charge in [0.15, 0.2) is 0 Å². The van der Waals surface area contributed by atoms with Crippen molar-refractivity contribution in [3.63, 3.8) is 0 Å². The summed E-state index contributed by atoms with van der Waals surface area (Å²) < 4.78 is 0. The van der Waals surface area contributed by atoms with Crippen molar-refractivity contribution in [1.29, 1.82) is 0 Å². The molecule has 3 N–H and O–H groups in total. The number of allylic oxidation sites excluding steroid dienone is 7. The number of amides is 1. The first-order valence-corrected chi connectivity index (χ1v) is 20.9. The Morgan fingerprint density at radius 1 is 0.479 bits per heavy atom. The molecule has 2 atom stereocenters. The quantitative estimate of drug-likeness (QED) is 0.0455. The Balaban J connectivity index is 3.68. The Bertz CT molecular complexity index is 771. The second-order valence-corrected chi connectivity index (χ2v) is 14.0. The van der Waals surface area contributed by atoms with Gasteiger partial charge in [-0.2, -0.15) is 0 Å². The Kier molecular flexibility index (Phi) is 38.4. The monoisotopic (exact) mass is 672 g/mol. The standard InChI is InChI=1S/C44H81NO3/c1-3-5-7-9-11-13-15-17-19-20-21-22-23-24-26-27-29-31-33-35-37-39-43(47)42(41-46)45-44(48)40-38-36-34-32-30-28-25-18-16-14-12-10-8-6-4-2/h18,23-25,29,31,37,39,42-43,46-47H,3-17,19-22,26-28,30,32-36,38,40-41H2,1-2H3,(H,45,48)/b24-23+,25-18-,31-29+,39-37+. The minimum absolute atomic E-state index is 0.0880. The van der Waals surface area contributed by atoms with Crippen LogP contribution in [0.4, 0.5) is 0 Å². The lowest BCUT2D eigenvalue weighted by Gasteiger charge is -2.19. The first kappa shape index (κ1) is 46.4. The smallest absolute Gasteiger partial charge is 0.220 e. The Morgan fingerprint density at radius 3 is 1.21 bits per heavy atom. The summed E-state index contributed by atoms with van der Waals surface area (Å²) in [6.45, 7) is 4.28. The predicted molar refractivity (Wildman–Crippen MR) is 211 cm³/mol. The lowest BCUT2D eigenvalue weighted by Crippen LogP contribution is -2.45. The first-order valence-electron chi connectivity index (χ1n) is 20.9. The summed E-state index contributed by atoms with van der Waals surface area (Å²) in [4.78, 5) is 12.3. The van der Waals surface area contributed by atoms with E-state index in [1.54, 1.807) is 6.08 Å². The number of unbranched alkanes of at least 4 members (excludes halogenated alkanes) is 24. The molecule has 0 bridgehead atoms. The van der Waals surface area contributed by atoms with Gasteiger partial charge in [-0.1, -0.05) is 178 Å². The molecule has 2 unspecified atom stereocenters. The van der Waals surface area contributed by atoms with Crippen molar-refractivity contribution in [2.45, 2.75) is 219 Å².